The Kier molecular flexibility index (Phi) is 3.99. The molecule has 1 aromatic rings. The lowest BCUT2D eigenvalue weighted by Gasteiger charge is -2.27. The highest BCUT2D eigenvalue weighted by molar-refractivity contribution is 5.73. The van der Waals surface area contributed by atoms with Crippen molar-refractivity contribution < 1.29 is 14.6 Å². The van der Waals surface area contributed by atoms with Crippen molar-refractivity contribution in [2.24, 2.45) is 5.92 Å². The zero-order valence-electron chi connectivity index (χ0n) is 12.5. The molecule has 0 saturated carbocycles. The first-order valence-electron chi connectivity index (χ1n) is 6.88. The number of aliphatic hydroxyl groups excluding tert-OH is 1. The first kappa shape index (κ1) is 14.8. The fraction of sp³-hybridized carbons (Fsp3) is 0.600. The number of carbonyl (C=O) groups excluding carboxylic acids is 1. The van der Waals surface area contributed by atoms with E-state index in [1.54, 1.807) is 13.8 Å². The van der Waals surface area contributed by atoms with Gasteiger partial charge in [0.25, 0.3) is 0 Å². The van der Waals surface area contributed by atoms with Crippen LogP contribution in [0.5, 0.6) is 5.88 Å². The number of hydrogen-bond acceptors (Lipinski definition) is 4. The molecule has 0 spiro atoms. The minimum absolute atomic E-state index is 0.144. The van der Waals surface area contributed by atoms with E-state index in [4.69, 9.17) is 4.74 Å². The van der Waals surface area contributed by atoms with Gasteiger partial charge in [-0.25, -0.2) is 4.98 Å². The number of amides is 1. The molecule has 0 aromatic carbocycles. The topological polar surface area (TPSA) is 71.5 Å². The summed E-state index contributed by atoms with van der Waals surface area (Å²) >= 11 is 0. The summed E-state index contributed by atoms with van der Waals surface area (Å²) in [4.78, 5) is 15.5. The molecule has 5 nitrogen and oxygen atoms in total. The molecule has 0 saturated heterocycles. The van der Waals surface area contributed by atoms with Gasteiger partial charge in [-0.2, -0.15) is 0 Å². The van der Waals surface area contributed by atoms with E-state index in [-0.39, 0.29) is 18.4 Å². The Labute approximate surface area is 119 Å². The third kappa shape index (κ3) is 3.10. The van der Waals surface area contributed by atoms with E-state index in [9.17, 15) is 9.90 Å². The molecular formula is C15H22N2O3. The molecule has 1 aromatic heterocycles. The highest BCUT2D eigenvalue weighted by atomic mass is 16.5. The quantitative estimate of drug-likeness (QED) is 0.816. The second-order valence-corrected chi connectivity index (χ2v) is 5.94. The number of aliphatic hydroxyl groups is 1. The molecular weight excluding hydrogens is 256 g/mol. The van der Waals surface area contributed by atoms with Crippen molar-refractivity contribution >= 4 is 5.91 Å². The first-order valence-corrected chi connectivity index (χ1v) is 6.88. The van der Waals surface area contributed by atoms with Crippen LogP contribution in [-0.4, -0.2) is 28.3 Å². The monoisotopic (exact) mass is 278 g/mol. The number of hydrogen-bond donors (Lipinski definition) is 2. The SMILES string of the molecule is CC(=O)NC(C)(C)Oc1ncc2c(c1C)CC(CO)C2. The van der Waals surface area contributed by atoms with Crippen molar-refractivity contribution in [1.29, 1.82) is 0 Å². The summed E-state index contributed by atoms with van der Waals surface area (Å²) in [5.74, 6) is 0.680. The Bertz CT molecular complexity index is 526. The number of nitrogens with zero attached hydrogens (tertiary/aromatic N) is 1. The average molecular weight is 278 g/mol. The van der Waals surface area contributed by atoms with Gasteiger partial charge in [-0.15, -0.1) is 0 Å². The van der Waals surface area contributed by atoms with Crippen LogP contribution in [0.2, 0.25) is 0 Å². The largest absolute Gasteiger partial charge is 0.451 e. The third-order valence-electron chi connectivity index (χ3n) is 3.59. The van der Waals surface area contributed by atoms with Crippen molar-refractivity contribution in [1.82, 2.24) is 10.3 Å². The molecule has 2 rings (SSSR count). The zero-order valence-corrected chi connectivity index (χ0v) is 12.5. The fourth-order valence-electron chi connectivity index (χ4n) is 2.74. The zero-order chi connectivity index (χ0) is 14.9. The number of aromatic nitrogens is 1. The van der Waals surface area contributed by atoms with Crippen molar-refractivity contribution in [3.63, 3.8) is 0 Å². The van der Waals surface area contributed by atoms with Crippen LogP contribution in [-0.2, 0) is 17.6 Å². The van der Waals surface area contributed by atoms with Crippen molar-refractivity contribution in [2.75, 3.05) is 6.61 Å². The second kappa shape index (κ2) is 5.40. The van der Waals surface area contributed by atoms with Crippen LogP contribution in [0.25, 0.3) is 0 Å². The van der Waals surface area contributed by atoms with E-state index in [1.807, 2.05) is 13.1 Å². The highest BCUT2D eigenvalue weighted by Gasteiger charge is 2.27. The van der Waals surface area contributed by atoms with Gasteiger partial charge in [0.2, 0.25) is 11.8 Å². The van der Waals surface area contributed by atoms with E-state index < -0.39 is 5.72 Å². The molecule has 0 radical (unpaired) electrons. The van der Waals surface area contributed by atoms with Crippen LogP contribution < -0.4 is 10.1 Å². The van der Waals surface area contributed by atoms with E-state index in [1.165, 1.54) is 18.1 Å². The Balaban J connectivity index is 2.21. The third-order valence-corrected chi connectivity index (χ3v) is 3.59. The van der Waals surface area contributed by atoms with E-state index in [0.29, 0.717) is 5.88 Å². The standard InChI is InChI=1S/C15H22N2O3/c1-9-13-6-11(8-18)5-12(13)7-16-14(9)20-15(3,4)17-10(2)19/h7,11,18H,5-6,8H2,1-4H3,(H,17,19). The summed E-state index contributed by atoms with van der Waals surface area (Å²) in [6.07, 6.45) is 3.54. The van der Waals surface area contributed by atoms with Gasteiger partial charge in [-0.05, 0) is 50.7 Å². The number of nitrogens with one attached hydrogen (secondary N) is 1. The second-order valence-electron chi connectivity index (χ2n) is 5.94. The fourth-order valence-corrected chi connectivity index (χ4v) is 2.74. The number of fused-ring (bicyclic) bond motifs is 1. The molecule has 1 atom stereocenters. The van der Waals surface area contributed by atoms with Gasteiger partial charge >= 0.3 is 0 Å². The molecule has 0 aliphatic heterocycles. The summed E-state index contributed by atoms with van der Waals surface area (Å²) in [5, 5.41) is 12.0. The van der Waals surface area contributed by atoms with Crippen LogP contribution in [0.1, 0.15) is 37.5 Å². The molecule has 110 valence electrons. The van der Waals surface area contributed by atoms with Crippen molar-refractivity contribution in [3.8, 4) is 5.88 Å². The van der Waals surface area contributed by atoms with Crippen LogP contribution in [0.15, 0.2) is 6.20 Å². The van der Waals surface area contributed by atoms with Crippen LogP contribution in [0, 0.1) is 12.8 Å². The van der Waals surface area contributed by atoms with Crippen LogP contribution in [0.3, 0.4) is 0 Å². The summed E-state index contributed by atoms with van der Waals surface area (Å²) in [7, 11) is 0. The summed E-state index contributed by atoms with van der Waals surface area (Å²) < 4.78 is 5.83. The van der Waals surface area contributed by atoms with Gasteiger partial charge in [0.05, 0.1) is 0 Å². The average Bonchev–Trinajstić information content (AvgIpc) is 2.75. The summed E-state index contributed by atoms with van der Waals surface area (Å²) in [6, 6.07) is 0. The lowest BCUT2D eigenvalue weighted by atomic mass is 10.1. The molecule has 1 unspecified atom stereocenters. The van der Waals surface area contributed by atoms with E-state index in [2.05, 4.69) is 10.3 Å². The molecule has 1 aliphatic rings. The lowest BCUT2D eigenvalue weighted by Crippen LogP contribution is -2.47. The minimum Gasteiger partial charge on any atom is -0.451 e. The van der Waals surface area contributed by atoms with E-state index in [0.717, 1.165) is 18.4 Å². The van der Waals surface area contributed by atoms with Gasteiger partial charge in [-0.1, -0.05) is 0 Å². The van der Waals surface area contributed by atoms with Crippen molar-refractivity contribution in [2.45, 2.75) is 46.3 Å². The van der Waals surface area contributed by atoms with Gasteiger partial charge < -0.3 is 15.2 Å². The predicted octanol–water partition coefficient (Wildman–Crippen LogP) is 1.35. The smallest absolute Gasteiger partial charge is 0.219 e. The van der Waals surface area contributed by atoms with Crippen molar-refractivity contribution in [3.05, 3.63) is 22.9 Å². The maximum Gasteiger partial charge on any atom is 0.219 e. The predicted molar refractivity (Wildman–Crippen MR) is 75.5 cm³/mol. The Morgan fingerprint density at radius 2 is 2.25 bits per heavy atom. The van der Waals surface area contributed by atoms with E-state index >= 15 is 0 Å². The maximum atomic E-state index is 11.2. The highest BCUT2D eigenvalue weighted by Crippen LogP contribution is 2.33. The number of pyridine rings is 1. The molecule has 1 amide bonds. The molecule has 2 N–H and O–H groups in total. The first-order chi connectivity index (χ1) is 9.32. The Hall–Kier alpha value is -1.62. The number of carbonyl (C=O) groups is 1. The molecule has 0 fully saturated rings. The molecule has 0 bridgehead atoms. The molecule has 1 aliphatic carbocycles. The molecule has 5 heteroatoms. The van der Waals surface area contributed by atoms with Crippen LogP contribution in [0.4, 0.5) is 0 Å². The Morgan fingerprint density at radius 3 is 2.85 bits per heavy atom. The van der Waals surface area contributed by atoms with Gasteiger partial charge in [-0.3, -0.25) is 4.79 Å². The number of rotatable bonds is 4. The molecule has 1 heterocycles. The summed E-state index contributed by atoms with van der Waals surface area (Å²) in [6.45, 7) is 7.21. The minimum atomic E-state index is -0.799. The lowest BCUT2D eigenvalue weighted by molar-refractivity contribution is -0.123. The molecule has 20 heavy (non-hydrogen) atoms. The van der Waals surface area contributed by atoms with Gasteiger partial charge in [0.15, 0.2) is 5.72 Å². The normalized spacial score (nSPS) is 17.8. The Morgan fingerprint density at radius 1 is 1.55 bits per heavy atom. The van der Waals surface area contributed by atoms with Gasteiger partial charge in [0, 0.05) is 25.3 Å². The maximum absolute atomic E-state index is 11.2. The van der Waals surface area contributed by atoms with Crippen LogP contribution >= 0.6 is 0 Å². The number of ether oxygens (including phenoxy) is 1. The summed E-state index contributed by atoms with van der Waals surface area (Å²) in [5.41, 5.74) is 2.60. The van der Waals surface area contributed by atoms with Gasteiger partial charge in [0.1, 0.15) is 0 Å².